The zero-order chi connectivity index (χ0) is 10.0. The van der Waals surface area contributed by atoms with Gasteiger partial charge in [0.05, 0.1) is 10.9 Å². The molecule has 0 aromatic heterocycles. The number of halogens is 3. The van der Waals surface area contributed by atoms with Gasteiger partial charge >= 0.3 is 0 Å². The van der Waals surface area contributed by atoms with E-state index in [0.717, 1.165) is 10.0 Å². The number of benzene rings is 1. The maximum Gasteiger partial charge on any atom is 0.177 e. The Morgan fingerprint density at radius 2 is 2.15 bits per heavy atom. The molecule has 1 rings (SSSR count). The summed E-state index contributed by atoms with van der Waals surface area (Å²) in [5.74, 6) is -0.102. The molecule has 4 heteroatoms. The van der Waals surface area contributed by atoms with E-state index >= 15 is 0 Å². The summed E-state index contributed by atoms with van der Waals surface area (Å²) in [6, 6.07) is 3.41. The smallest absolute Gasteiger partial charge is 0.177 e. The minimum atomic E-state index is -0.0952. The topological polar surface area (TPSA) is 17.1 Å². The van der Waals surface area contributed by atoms with Crippen LogP contribution in [0, 0.1) is 6.92 Å². The van der Waals surface area contributed by atoms with E-state index in [-0.39, 0.29) is 11.7 Å². The van der Waals surface area contributed by atoms with Crippen LogP contribution in [0.15, 0.2) is 16.6 Å². The average Bonchev–Trinajstić information content (AvgIpc) is 2.12. The first-order valence-electron chi connectivity index (χ1n) is 3.61. The second-order valence-corrected chi connectivity index (χ2v) is 4.15. The summed E-state index contributed by atoms with van der Waals surface area (Å²) >= 11 is 14.6. The van der Waals surface area contributed by atoms with Crippen LogP contribution in [0.25, 0.3) is 0 Å². The highest BCUT2D eigenvalue weighted by atomic mass is 79.9. The second-order valence-electron chi connectivity index (χ2n) is 2.65. The lowest BCUT2D eigenvalue weighted by Gasteiger charge is -2.04. The van der Waals surface area contributed by atoms with Crippen molar-refractivity contribution in [2.75, 3.05) is 5.88 Å². The maximum atomic E-state index is 11.2. The number of rotatable bonds is 2. The van der Waals surface area contributed by atoms with Gasteiger partial charge in [0.25, 0.3) is 0 Å². The van der Waals surface area contributed by atoms with Crippen molar-refractivity contribution >= 4 is 44.9 Å². The predicted molar refractivity (Wildman–Crippen MR) is 58.9 cm³/mol. The maximum absolute atomic E-state index is 11.2. The lowest BCUT2D eigenvalue weighted by atomic mass is 10.1. The molecule has 0 fully saturated rings. The molecule has 0 aliphatic heterocycles. The minimum Gasteiger partial charge on any atom is -0.293 e. The summed E-state index contributed by atoms with van der Waals surface area (Å²) in [7, 11) is 0. The minimum absolute atomic E-state index is 0.00644. The molecular weight excluding hydrogens is 275 g/mol. The standard InChI is InChI=1S/C9H7BrCl2O/c1-5-2-6(8(13)4-11)3-7(10)9(5)12/h2-3H,4H2,1H3. The number of carbonyl (C=O) groups excluding carboxylic acids is 1. The van der Waals surface area contributed by atoms with Crippen molar-refractivity contribution in [1.82, 2.24) is 0 Å². The molecule has 1 aromatic carbocycles. The van der Waals surface area contributed by atoms with Crippen molar-refractivity contribution in [3.63, 3.8) is 0 Å². The van der Waals surface area contributed by atoms with E-state index in [4.69, 9.17) is 23.2 Å². The van der Waals surface area contributed by atoms with Crippen molar-refractivity contribution in [3.8, 4) is 0 Å². The number of aryl methyl sites for hydroxylation is 1. The van der Waals surface area contributed by atoms with E-state index in [9.17, 15) is 4.79 Å². The lowest BCUT2D eigenvalue weighted by molar-refractivity contribution is 0.102. The highest BCUT2D eigenvalue weighted by Gasteiger charge is 2.08. The third-order valence-corrected chi connectivity index (χ3v) is 3.25. The van der Waals surface area contributed by atoms with Crippen molar-refractivity contribution < 1.29 is 4.79 Å². The summed E-state index contributed by atoms with van der Waals surface area (Å²) in [5, 5.41) is 0.631. The van der Waals surface area contributed by atoms with Gasteiger partial charge in [-0.2, -0.15) is 0 Å². The van der Waals surface area contributed by atoms with Crippen LogP contribution in [-0.2, 0) is 0 Å². The first kappa shape index (κ1) is 11.0. The Kier molecular flexibility index (Phi) is 3.77. The first-order valence-corrected chi connectivity index (χ1v) is 5.31. The fraction of sp³-hybridized carbons (Fsp3) is 0.222. The molecule has 0 aliphatic carbocycles. The SMILES string of the molecule is Cc1cc(C(=O)CCl)cc(Br)c1Cl. The molecule has 0 bridgehead atoms. The molecule has 0 spiro atoms. The van der Waals surface area contributed by atoms with Gasteiger partial charge in [0.15, 0.2) is 5.78 Å². The van der Waals surface area contributed by atoms with Crippen LogP contribution in [-0.4, -0.2) is 11.7 Å². The Bertz CT molecular complexity index is 326. The predicted octanol–water partition coefficient (Wildman–Crippen LogP) is 3.83. The molecule has 0 N–H and O–H groups in total. The Morgan fingerprint density at radius 1 is 1.54 bits per heavy atom. The van der Waals surface area contributed by atoms with E-state index in [1.165, 1.54) is 0 Å². The van der Waals surface area contributed by atoms with Gasteiger partial charge in [-0.05, 0) is 40.5 Å². The lowest BCUT2D eigenvalue weighted by Crippen LogP contribution is -2.00. The zero-order valence-electron chi connectivity index (χ0n) is 6.90. The Morgan fingerprint density at radius 3 is 2.62 bits per heavy atom. The highest BCUT2D eigenvalue weighted by molar-refractivity contribution is 9.10. The molecule has 0 aliphatic rings. The summed E-state index contributed by atoms with van der Waals surface area (Å²) in [6.45, 7) is 1.85. The fourth-order valence-corrected chi connectivity index (χ4v) is 1.79. The number of alkyl halides is 1. The Labute approximate surface area is 95.2 Å². The number of hydrogen-bond donors (Lipinski definition) is 0. The van der Waals surface area contributed by atoms with Crippen molar-refractivity contribution in [3.05, 3.63) is 32.8 Å². The van der Waals surface area contributed by atoms with E-state index in [1.807, 2.05) is 6.92 Å². The molecule has 1 nitrogen and oxygen atoms in total. The average molecular weight is 282 g/mol. The first-order chi connectivity index (χ1) is 6.06. The Hall–Kier alpha value is -0.0500. The van der Waals surface area contributed by atoms with Gasteiger partial charge in [-0.1, -0.05) is 11.6 Å². The van der Waals surface area contributed by atoms with Crippen molar-refractivity contribution in [2.24, 2.45) is 0 Å². The van der Waals surface area contributed by atoms with Crippen LogP contribution in [0.3, 0.4) is 0 Å². The van der Waals surface area contributed by atoms with Gasteiger partial charge in [-0.15, -0.1) is 11.6 Å². The molecule has 0 atom stereocenters. The molecule has 0 saturated heterocycles. The number of ketones is 1. The van der Waals surface area contributed by atoms with E-state index in [2.05, 4.69) is 15.9 Å². The second kappa shape index (κ2) is 4.45. The quantitative estimate of drug-likeness (QED) is 0.595. The van der Waals surface area contributed by atoms with Gasteiger partial charge in [0.2, 0.25) is 0 Å². The third kappa shape index (κ3) is 2.46. The number of carbonyl (C=O) groups is 1. The van der Waals surface area contributed by atoms with Crippen molar-refractivity contribution in [1.29, 1.82) is 0 Å². The number of hydrogen-bond acceptors (Lipinski definition) is 1. The normalized spacial score (nSPS) is 10.2. The third-order valence-electron chi connectivity index (χ3n) is 1.65. The molecule has 0 unspecified atom stereocenters. The van der Waals surface area contributed by atoms with Gasteiger partial charge in [-0.3, -0.25) is 4.79 Å². The van der Waals surface area contributed by atoms with E-state index in [0.29, 0.717) is 10.6 Å². The van der Waals surface area contributed by atoms with E-state index in [1.54, 1.807) is 12.1 Å². The molecule has 1 aromatic rings. The zero-order valence-corrected chi connectivity index (χ0v) is 10.0. The highest BCUT2D eigenvalue weighted by Crippen LogP contribution is 2.27. The monoisotopic (exact) mass is 280 g/mol. The van der Waals surface area contributed by atoms with E-state index < -0.39 is 0 Å². The number of Topliss-reactive ketones (excluding diaryl/α,β-unsaturated/α-hetero) is 1. The molecular formula is C9H7BrCl2O. The Balaban J connectivity index is 3.20. The summed E-state index contributed by atoms with van der Waals surface area (Å²) < 4.78 is 0.725. The van der Waals surface area contributed by atoms with Gasteiger partial charge in [-0.25, -0.2) is 0 Å². The molecule has 0 saturated carbocycles. The summed E-state index contributed by atoms with van der Waals surface area (Å²) in [5.41, 5.74) is 1.45. The van der Waals surface area contributed by atoms with Crippen LogP contribution in [0.4, 0.5) is 0 Å². The van der Waals surface area contributed by atoms with Crippen LogP contribution in [0.1, 0.15) is 15.9 Å². The van der Waals surface area contributed by atoms with Crippen molar-refractivity contribution in [2.45, 2.75) is 6.92 Å². The summed E-state index contributed by atoms with van der Waals surface area (Å²) in [4.78, 5) is 11.2. The van der Waals surface area contributed by atoms with Crippen LogP contribution in [0.2, 0.25) is 5.02 Å². The van der Waals surface area contributed by atoms with Crippen LogP contribution in [0.5, 0.6) is 0 Å². The van der Waals surface area contributed by atoms with Crippen LogP contribution < -0.4 is 0 Å². The largest absolute Gasteiger partial charge is 0.293 e. The molecule has 0 radical (unpaired) electrons. The molecule has 13 heavy (non-hydrogen) atoms. The molecule has 70 valence electrons. The molecule has 0 heterocycles. The van der Waals surface area contributed by atoms with Crippen LogP contribution >= 0.6 is 39.1 Å². The van der Waals surface area contributed by atoms with Gasteiger partial charge in [0, 0.05) is 10.0 Å². The molecule has 0 amide bonds. The van der Waals surface area contributed by atoms with Gasteiger partial charge in [0.1, 0.15) is 0 Å². The summed E-state index contributed by atoms with van der Waals surface area (Å²) in [6.07, 6.45) is 0. The fourth-order valence-electron chi connectivity index (χ4n) is 0.965. The van der Waals surface area contributed by atoms with Gasteiger partial charge < -0.3 is 0 Å².